The molecule has 1 aromatic carbocycles. The zero-order valence-electron chi connectivity index (χ0n) is 12.5. The molecule has 0 unspecified atom stereocenters. The fourth-order valence-corrected chi connectivity index (χ4v) is 2.55. The van der Waals surface area contributed by atoms with Crippen molar-refractivity contribution in [2.45, 2.75) is 32.7 Å². The van der Waals surface area contributed by atoms with Crippen molar-refractivity contribution in [1.82, 2.24) is 4.90 Å². The minimum Gasteiger partial charge on any atom is -0.480 e. The quantitative estimate of drug-likeness (QED) is 0.921. The molecule has 2 rings (SSSR count). The van der Waals surface area contributed by atoms with Gasteiger partial charge in [0.25, 0.3) is 5.91 Å². The Balaban J connectivity index is 2.23. The number of hydrogen-bond donors (Lipinski definition) is 1. The van der Waals surface area contributed by atoms with Gasteiger partial charge in [0.05, 0.1) is 0 Å². The number of carboxylic acid groups (broad SMARTS) is 1. The monoisotopic (exact) mass is 291 g/mol. The van der Waals surface area contributed by atoms with Crippen molar-refractivity contribution in [3.05, 3.63) is 34.9 Å². The summed E-state index contributed by atoms with van der Waals surface area (Å²) in [5, 5.41) is 9.08. The van der Waals surface area contributed by atoms with Crippen LogP contribution in [0.3, 0.4) is 0 Å². The summed E-state index contributed by atoms with van der Waals surface area (Å²) >= 11 is 0. The van der Waals surface area contributed by atoms with Crippen molar-refractivity contribution < 1.29 is 19.4 Å². The van der Waals surface area contributed by atoms with E-state index in [2.05, 4.69) is 0 Å². The van der Waals surface area contributed by atoms with Gasteiger partial charge < -0.3 is 14.7 Å². The molecule has 1 fully saturated rings. The van der Waals surface area contributed by atoms with Gasteiger partial charge in [0.1, 0.15) is 6.54 Å². The number of hydrogen-bond acceptors (Lipinski definition) is 3. The Morgan fingerprint density at radius 1 is 1.24 bits per heavy atom. The molecule has 1 amide bonds. The van der Waals surface area contributed by atoms with Crippen molar-refractivity contribution in [1.29, 1.82) is 0 Å². The zero-order chi connectivity index (χ0) is 15.4. The van der Waals surface area contributed by atoms with Gasteiger partial charge in [-0.05, 0) is 49.9 Å². The van der Waals surface area contributed by atoms with Crippen molar-refractivity contribution in [3.8, 4) is 0 Å². The summed E-state index contributed by atoms with van der Waals surface area (Å²) in [4.78, 5) is 25.2. The van der Waals surface area contributed by atoms with E-state index >= 15 is 0 Å². The molecule has 0 bridgehead atoms. The number of benzene rings is 1. The van der Waals surface area contributed by atoms with E-state index in [-0.39, 0.29) is 18.5 Å². The van der Waals surface area contributed by atoms with Crippen LogP contribution in [-0.2, 0) is 9.53 Å². The average Bonchev–Trinajstić information content (AvgIpc) is 2.47. The Hall–Kier alpha value is -1.88. The maximum Gasteiger partial charge on any atom is 0.323 e. The first-order valence-corrected chi connectivity index (χ1v) is 7.17. The highest BCUT2D eigenvalue weighted by Gasteiger charge is 2.28. The van der Waals surface area contributed by atoms with Crippen LogP contribution in [0, 0.1) is 13.8 Å². The molecule has 1 aliphatic heterocycles. The largest absolute Gasteiger partial charge is 0.480 e. The normalized spacial score (nSPS) is 15.7. The minimum atomic E-state index is -0.987. The van der Waals surface area contributed by atoms with Gasteiger partial charge in [0.2, 0.25) is 0 Å². The van der Waals surface area contributed by atoms with Crippen LogP contribution in [0.4, 0.5) is 0 Å². The zero-order valence-corrected chi connectivity index (χ0v) is 12.5. The van der Waals surface area contributed by atoms with E-state index in [1.54, 1.807) is 6.07 Å². The molecule has 0 radical (unpaired) electrons. The Morgan fingerprint density at radius 2 is 1.90 bits per heavy atom. The highest BCUT2D eigenvalue weighted by molar-refractivity contribution is 5.96. The predicted octanol–water partition coefficient (Wildman–Crippen LogP) is 2.01. The summed E-state index contributed by atoms with van der Waals surface area (Å²) in [5.74, 6) is -1.20. The van der Waals surface area contributed by atoms with Crippen LogP contribution in [0.2, 0.25) is 0 Å². The molecule has 114 valence electrons. The number of amides is 1. The molecule has 0 saturated carbocycles. The third-order valence-corrected chi connectivity index (χ3v) is 3.95. The lowest BCUT2D eigenvalue weighted by molar-refractivity contribution is -0.138. The lowest BCUT2D eigenvalue weighted by Crippen LogP contribution is -2.46. The van der Waals surface area contributed by atoms with Crippen LogP contribution in [0.1, 0.15) is 34.3 Å². The van der Waals surface area contributed by atoms with E-state index in [1.165, 1.54) is 4.90 Å². The molecule has 5 nitrogen and oxygen atoms in total. The van der Waals surface area contributed by atoms with Gasteiger partial charge in [-0.1, -0.05) is 6.07 Å². The lowest BCUT2D eigenvalue weighted by Gasteiger charge is -2.33. The summed E-state index contributed by atoms with van der Waals surface area (Å²) in [7, 11) is 0. The molecule has 1 heterocycles. The molecule has 5 heteroatoms. The number of aryl methyl sites for hydroxylation is 2. The van der Waals surface area contributed by atoms with Crippen LogP contribution in [0.15, 0.2) is 18.2 Å². The molecule has 0 spiro atoms. The minimum absolute atomic E-state index is 0.0658. The van der Waals surface area contributed by atoms with Gasteiger partial charge >= 0.3 is 5.97 Å². The smallest absolute Gasteiger partial charge is 0.323 e. The highest BCUT2D eigenvalue weighted by Crippen LogP contribution is 2.19. The van der Waals surface area contributed by atoms with E-state index in [4.69, 9.17) is 9.84 Å². The summed E-state index contributed by atoms with van der Waals surface area (Å²) in [6, 6.07) is 5.42. The molecule has 0 aromatic heterocycles. The second-order valence-electron chi connectivity index (χ2n) is 5.47. The molecule has 1 aliphatic rings. The third-order valence-electron chi connectivity index (χ3n) is 3.95. The second kappa shape index (κ2) is 6.72. The van der Waals surface area contributed by atoms with Crippen molar-refractivity contribution in [3.63, 3.8) is 0 Å². The molecule has 1 N–H and O–H groups in total. The van der Waals surface area contributed by atoms with Gasteiger partial charge in [-0.2, -0.15) is 0 Å². The van der Waals surface area contributed by atoms with Crippen LogP contribution in [0.25, 0.3) is 0 Å². The van der Waals surface area contributed by atoms with Crippen molar-refractivity contribution >= 4 is 11.9 Å². The standard InChI is InChI=1S/C16H21NO4/c1-11-3-4-13(9-12(11)2)16(20)17(10-15(18)19)14-5-7-21-8-6-14/h3-4,9,14H,5-8,10H2,1-2H3,(H,18,19). The van der Waals surface area contributed by atoms with Crippen molar-refractivity contribution in [2.24, 2.45) is 0 Å². The number of aliphatic carboxylic acids is 1. The number of carboxylic acids is 1. The maximum atomic E-state index is 12.7. The van der Waals surface area contributed by atoms with E-state index in [1.807, 2.05) is 26.0 Å². The molecular weight excluding hydrogens is 270 g/mol. The number of carbonyl (C=O) groups excluding carboxylic acids is 1. The van der Waals surface area contributed by atoms with E-state index < -0.39 is 5.97 Å². The molecular formula is C16H21NO4. The predicted molar refractivity (Wildman–Crippen MR) is 78.4 cm³/mol. The molecule has 0 atom stereocenters. The van der Waals surface area contributed by atoms with E-state index in [0.717, 1.165) is 11.1 Å². The van der Waals surface area contributed by atoms with Crippen molar-refractivity contribution in [2.75, 3.05) is 19.8 Å². The topological polar surface area (TPSA) is 66.8 Å². The number of rotatable bonds is 4. The number of nitrogens with zero attached hydrogens (tertiary/aromatic N) is 1. The first-order valence-electron chi connectivity index (χ1n) is 7.17. The van der Waals surface area contributed by atoms with Crippen LogP contribution in [0.5, 0.6) is 0 Å². The van der Waals surface area contributed by atoms with E-state index in [0.29, 0.717) is 31.6 Å². The number of ether oxygens (including phenoxy) is 1. The maximum absolute atomic E-state index is 12.7. The van der Waals surface area contributed by atoms with E-state index in [9.17, 15) is 9.59 Å². The fourth-order valence-electron chi connectivity index (χ4n) is 2.55. The first-order chi connectivity index (χ1) is 9.99. The van der Waals surface area contributed by atoms with Gasteiger partial charge in [-0.3, -0.25) is 9.59 Å². The summed E-state index contributed by atoms with van der Waals surface area (Å²) in [5.41, 5.74) is 2.69. The Kier molecular flexibility index (Phi) is 4.96. The Morgan fingerprint density at radius 3 is 2.48 bits per heavy atom. The molecule has 1 saturated heterocycles. The van der Waals surface area contributed by atoms with Gasteiger partial charge in [-0.25, -0.2) is 0 Å². The van der Waals surface area contributed by atoms with Gasteiger partial charge in [-0.15, -0.1) is 0 Å². The van der Waals surface area contributed by atoms with Gasteiger partial charge in [0, 0.05) is 24.8 Å². The van der Waals surface area contributed by atoms with Crippen LogP contribution in [-0.4, -0.2) is 47.7 Å². The molecule has 21 heavy (non-hydrogen) atoms. The Bertz CT molecular complexity index is 535. The second-order valence-corrected chi connectivity index (χ2v) is 5.47. The summed E-state index contributed by atoms with van der Waals surface area (Å²) in [6.45, 7) is 4.80. The molecule has 1 aromatic rings. The average molecular weight is 291 g/mol. The SMILES string of the molecule is Cc1ccc(C(=O)N(CC(=O)O)C2CCOCC2)cc1C. The third kappa shape index (κ3) is 3.82. The van der Waals surface area contributed by atoms with Crippen LogP contribution < -0.4 is 0 Å². The summed E-state index contributed by atoms with van der Waals surface area (Å²) in [6.07, 6.45) is 1.37. The summed E-state index contributed by atoms with van der Waals surface area (Å²) < 4.78 is 5.29. The lowest BCUT2D eigenvalue weighted by atomic mass is 10.0. The first kappa shape index (κ1) is 15.5. The highest BCUT2D eigenvalue weighted by atomic mass is 16.5. The Labute approximate surface area is 124 Å². The number of carbonyl (C=O) groups is 2. The fraction of sp³-hybridized carbons (Fsp3) is 0.500. The van der Waals surface area contributed by atoms with Crippen LogP contribution >= 0.6 is 0 Å². The van der Waals surface area contributed by atoms with Gasteiger partial charge in [0.15, 0.2) is 0 Å². The molecule has 0 aliphatic carbocycles.